The van der Waals surface area contributed by atoms with Gasteiger partial charge in [-0.1, -0.05) is 59.0 Å². The predicted octanol–water partition coefficient (Wildman–Crippen LogP) is 4.91. The molecule has 1 unspecified atom stereocenters. The fourth-order valence-electron chi connectivity index (χ4n) is 1.80. The van der Waals surface area contributed by atoms with E-state index >= 15 is 0 Å². The molecule has 1 heteroatoms. The van der Waals surface area contributed by atoms with Gasteiger partial charge in [-0.2, -0.15) is 0 Å². The first-order valence-corrected chi connectivity index (χ1v) is 6.92. The first kappa shape index (κ1) is 15.4. The molecule has 0 fully saturated rings. The summed E-state index contributed by atoms with van der Waals surface area (Å²) in [5.74, 6) is 0.511. The van der Waals surface area contributed by atoms with Crippen molar-refractivity contribution in [1.82, 2.24) is 0 Å². The van der Waals surface area contributed by atoms with Gasteiger partial charge in [0.05, 0.1) is 0 Å². The molecule has 0 radical (unpaired) electrons. The molecule has 0 heterocycles. The summed E-state index contributed by atoms with van der Waals surface area (Å²) in [7, 11) is 0. The fraction of sp³-hybridized carbons (Fsp3) is 0.800. The van der Waals surface area contributed by atoms with Gasteiger partial charge in [0.1, 0.15) is 0 Å². The largest absolute Gasteiger partial charge is 0.295 e. The van der Waals surface area contributed by atoms with E-state index in [2.05, 4.69) is 19.9 Å². The summed E-state index contributed by atoms with van der Waals surface area (Å²) >= 11 is 0. The molecule has 0 bridgehead atoms. The minimum Gasteiger partial charge on any atom is -0.295 e. The third kappa shape index (κ3) is 8.70. The number of carbonyl (C=O) groups is 1. The summed E-state index contributed by atoms with van der Waals surface area (Å²) in [6, 6.07) is 0. The van der Waals surface area contributed by atoms with E-state index < -0.39 is 0 Å². The topological polar surface area (TPSA) is 17.1 Å². The van der Waals surface area contributed by atoms with E-state index in [1.165, 1.54) is 32.1 Å². The Bertz CT molecular complexity index is 194. The first-order valence-electron chi connectivity index (χ1n) is 6.92. The second-order valence-corrected chi connectivity index (χ2v) is 4.70. The van der Waals surface area contributed by atoms with Crippen LogP contribution in [0.3, 0.4) is 0 Å². The third-order valence-corrected chi connectivity index (χ3v) is 2.96. The van der Waals surface area contributed by atoms with Gasteiger partial charge in [-0.3, -0.25) is 4.79 Å². The maximum Gasteiger partial charge on any atom is 0.158 e. The van der Waals surface area contributed by atoms with Crippen LogP contribution in [0, 0.1) is 5.92 Å². The Labute approximate surface area is 101 Å². The third-order valence-electron chi connectivity index (χ3n) is 2.96. The first-order chi connectivity index (χ1) is 7.72. The van der Waals surface area contributed by atoms with E-state index in [-0.39, 0.29) is 5.92 Å². The highest BCUT2D eigenvalue weighted by atomic mass is 16.1. The van der Waals surface area contributed by atoms with Crippen molar-refractivity contribution in [1.29, 1.82) is 0 Å². The number of rotatable bonds is 10. The summed E-state index contributed by atoms with van der Waals surface area (Å²) in [6.07, 6.45) is 13.5. The van der Waals surface area contributed by atoms with E-state index in [0.717, 1.165) is 19.3 Å². The van der Waals surface area contributed by atoms with Crippen molar-refractivity contribution in [3.63, 3.8) is 0 Å². The molecule has 94 valence electrons. The zero-order valence-electron chi connectivity index (χ0n) is 11.3. The van der Waals surface area contributed by atoms with Crippen LogP contribution in [0.25, 0.3) is 0 Å². The second kappa shape index (κ2) is 10.9. The Morgan fingerprint density at radius 3 is 2.38 bits per heavy atom. The van der Waals surface area contributed by atoms with Crippen LogP contribution < -0.4 is 0 Å². The van der Waals surface area contributed by atoms with Gasteiger partial charge in [-0.15, -0.1) is 0 Å². The lowest BCUT2D eigenvalue weighted by molar-refractivity contribution is -0.117. The molecule has 0 aromatic carbocycles. The van der Waals surface area contributed by atoms with Gasteiger partial charge in [0.15, 0.2) is 5.78 Å². The average molecular weight is 224 g/mol. The summed E-state index contributed by atoms with van der Waals surface area (Å²) < 4.78 is 0. The average Bonchev–Trinajstić information content (AvgIpc) is 2.28. The molecule has 0 rings (SSSR count). The highest BCUT2D eigenvalue weighted by Crippen LogP contribution is 2.09. The van der Waals surface area contributed by atoms with Crippen LogP contribution in [0.15, 0.2) is 12.2 Å². The highest BCUT2D eigenvalue weighted by Gasteiger charge is 2.07. The van der Waals surface area contributed by atoms with Crippen LogP contribution >= 0.6 is 0 Å². The molecule has 0 aromatic heterocycles. The maximum absolute atomic E-state index is 11.6. The maximum atomic E-state index is 11.6. The SMILES string of the molecule is CCCCCCC/C=C/C(=O)C(C)CCC. The van der Waals surface area contributed by atoms with Crippen LogP contribution in [0.1, 0.15) is 72.1 Å². The van der Waals surface area contributed by atoms with Gasteiger partial charge in [0.25, 0.3) is 0 Å². The van der Waals surface area contributed by atoms with Crippen molar-refractivity contribution in [2.75, 3.05) is 0 Å². The molecular weight excluding hydrogens is 196 g/mol. The van der Waals surface area contributed by atoms with E-state index in [1.54, 1.807) is 6.08 Å². The van der Waals surface area contributed by atoms with Crippen molar-refractivity contribution < 1.29 is 4.79 Å². The minimum absolute atomic E-state index is 0.210. The quantitative estimate of drug-likeness (QED) is 0.381. The molecule has 0 aromatic rings. The number of carbonyl (C=O) groups excluding carboxylic acids is 1. The standard InChI is InChI=1S/C15H28O/c1-4-6-7-8-9-10-11-13-15(16)14(3)12-5-2/h11,13-14H,4-10,12H2,1-3H3/b13-11+. The summed E-state index contributed by atoms with van der Waals surface area (Å²) in [5.41, 5.74) is 0. The molecule has 0 N–H and O–H groups in total. The van der Waals surface area contributed by atoms with Crippen molar-refractivity contribution in [2.45, 2.75) is 72.1 Å². The molecule has 0 aliphatic heterocycles. The zero-order valence-corrected chi connectivity index (χ0v) is 11.3. The van der Waals surface area contributed by atoms with E-state index in [9.17, 15) is 4.79 Å². The van der Waals surface area contributed by atoms with E-state index in [0.29, 0.717) is 5.78 Å². The van der Waals surface area contributed by atoms with E-state index in [1.807, 2.05) is 6.92 Å². The highest BCUT2D eigenvalue weighted by molar-refractivity contribution is 5.91. The molecule has 0 amide bonds. The van der Waals surface area contributed by atoms with Crippen molar-refractivity contribution >= 4 is 5.78 Å². The normalized spacial score (nSPS) is 13.2. The molecule has 16 heavy (non-hydrogen) atoms. The summed E-state index contributed by atoms with van der Waals surface area (Å²) in [5, 5.41) is 0. The molecule has 1 atom stereocenters. The zero-order chi connectivity index (χ0) is 12.2. The number of allylic oxidation sites excluding steroid dienone is 2. The second-order valence-electron chi connectivity index (χ2n) is 4.70. The van der Waals surface area contributed by atoms with Gasteiger partial charge in [-0.05, 0) is 25.3 Å². The number of ketones is 1. The van der Waals surface area contributed by atoms with Crippen molar-refractivity contribution in [3.8, 4) is 0 Å². The van der Waals surface area contributed by atoms with Gasteiger partial charge in [0.2, 0.25) is 0 Å². The van der Waals surface area contributed by atoms with Crippen LogP contribution in [-0.2, 0) is 4.79 Å². The van der Waals surface area contributed by atoms with Crippen molar-refractivity contribution in [3.05, 3.63) is 12.2 Å². The van der Waals surface area contributed by atoms with Crippen LogP contribution in [-0.4, -0.2) is 5.78 Å². The lowest BCUT2D eigenvalue weighted by Gasteiger charge is -2.04. The molecular formula is C15H28O. The number of hydrogen-bond donors (Lipinski definition) is 0. The monoisotopic (exact) mass is 224 g/mol. The Kier molecular flexibility index (Phi) is 10.5. The Balaban J connectivity index is 3.48. The lowest BCUT2D eigenvalue weighted by Crippen LogP contribution is -2.06. The van der Waals surface area contributed by atoms with E-state index in [4.69, 9.17) is 0 Å². The summed E-state index contributed by atoms with van der Waals surface area (Å²) in [4.78, 5) is 11.6. The molecule has 0 saturated heterocycles. The fourth-order valence-corrected chi connectivity index (χ4v) is 1.80. The number of hydrogen-bond acceptors (Lipinski definition) is 1. The minimum atomic E-state index is 0.210. The smallest absolute Gasteiger partial charge is 0.158 e. The molecule has 0 spiro atoms. The van der Waals surface area contributed by atoms with Gasteiger partial charge in [-0.25, -0.2) is 0 Å². The predicted molar refractivity (Wildman–Crippen MR) is 71.6 cm³/mol. The molecule has 0 saturated carbocycles. The van der Waals surface area contributed by atoms with Crippen LogP contribution in [0.4, 0.5) is 0 Å². The van der Waals surface area contributed by atoms with Crippen LogP contribution in [0.5, 0.6) is 0 Å². The number of unbranched alkanes of at least 4 members (excludes halogenated alkanes) is 5. The summed E-state index contributed by atoms with van der Waals surface area (Å²) in [6.45, 7) is 6.38. The Hall–Kier alpha value is -0.590. The van der Waals surface area contributed by atoms with Gasteiger partial charge >= 0.3 is 0 Å². The van der Waals surface area contributed by atoms with Crippen molar-refractivity contribution in [2.24, 2.45) is 5.92 Å². The van der Waals surface area contributed by atoms with Gasteiger partial charge < -0.3 is 0 Å². The lowest BCUT2D eigenvalue weighted by atomic mass is 10.0. The Morgan fingerprint density at radius 1 is 1.06 bits per heavy atom. The van der Waals surface area contributed by atoms with Crippen LogP contribution in [0.2, 0.25) is 0 Å². The Morgan fingerprint density at radius 2 is 1.75 bits per heavy atom. The molecule has 0 aliphatic rings. The molecule has 0 aliphatic carbocycles. The molecule has 1 nitrogen and oxygen atoms in total. The van der Waals surface area contributed by atoms with Gasteiger partial charge in [0, 0.05) is 5.92 Å².